The number of rotatable bonds is 4. The lowest BCUT2D eigenvalue weighted by Crippen LogP contribution is -2.40. The minimum atomic E-state index is 0.452. The summed E-state index contributed by atoms with van der Waals surface area (Å²) >= 11 is 3.47. The number of pyridine rings is 1. The molecule has 1 aliphatic carbocycles. The van der Waals surface area contributed by atoms with E-state index in [2.05, 4.69) is 26.2 Å². The van der Waals surface area contributed by atoms with Gasteiger partial charge in [-0.25, -0.2) is 0 Å². The van der Waals surface area contributed by atoms with Crippen LogP contribution in [0.1, 0.15) is 19.8 Å². The van der Waals surface area contributed by atoms with Gasteiger partial charge in [0.2, 0.25) is 0 Å². The molecule has 4 heteroatoms. The average molecular weight is 271 g/mol. The number of halogens is 1. The van der Waals surface area contributed by atoms with E-state index < -0.39 is 0 Å². The molecule has 0 amide bonds. The van der Waals surface area contributed by atoms with Gasteiger partial charge in [0, 0.05) is 25.0 Å². The van der Waals surface area contributed by atoms with Crippen LogP contribution < -0.4 is 5.32 Å². The molecule has 0 unspecified atom stereocenters. The Morgan fingerprint density at radius 1 is 1.60 bits per heavy atom. The van der Waals surface area contributed by atoms with Crippen LogP contribution in [0.4, 0.5) is 5.69 Å². The van der Waals surface area contributed by atoms with Crippen LogP contribution in [-0.4, -0.2) is 23.7 Å². The van der Waals surface area contributed by atoms with Gasteiger partial charge >= 0.3 is 0 Å². The van der Waals surface area contributed by atoms with Gasteiger partial charge in [0.25, 0.3) is 0 Å². The molecule has 1 aromatic heterocycles. The standard InChI is InChI=1S/C11H15BrN2O/c1-2-15-9-5-8(6-9)14-11-3-4-13-7-10(11)12/h3-4,7-9H,2,5-6H2,1H3,(H,13,14). The summed E-state index contributed by atoms with van der Waals surface area (Å²) in [5.41, 5.74) is 1.12. The Morgan fingerprint density at radius 2 is 2.40 bits per heavy atom. The zero-order valence-electron chi connectivity index (χ0n) is 8.74. The van der Waals surface area contributed by atoms with Crippen LogP contribution in [0, 0.1) is 0 Å². The molecule has 82 valence electrons. The molecule has 0 saturated heterocycles. The fourth-order valence-electron chi connectivity index (χ4n) is 1.77. The fraction of sp³-hybridized carbons (Fsp3) is 0.545. The maximum absolute atomic E-state index is 5.51. The third-order valence-corrected chi connectivity index (χ3v) is 3.26. The van der Waals surface area contributed by atoms with Gasteiger partial charge < -0.3 is 10.1 Å². The van der Waals surface area contributed by atoms with Crippen LogP contribution in [0.2, 0.25) is 0 Å². The molecule has 1 aliphatic rings. The van der Waals surface area contributed by atoms with Crippen molar-refractivity contribution in [3.63, 3.8) is 0 Å². The fourth-order valence-corrected chi connectivity index (χ4v) is 2.13. The Morgan fingerprint density at radius 3 is 3.07 bits per heavy atom. The summed E-state index contributed by atoms with van der Waals surface area (Å²) in [6, 6.07) is 2.53. The molecule has 0 aromatic carbocycles. The lowest BCUT2D eigenvalue weighted by atomic mass is 9.89. The summed E-state index contributed by atoms with van der Waals surface area (Å²) in [4.78, 5) is 4.03. The van der Waals surface area contributed by atoms with Crippen molar-refractivity contribution in [2.45, 2.75) is 31.9 Å². The van der Waals surface area contributed by atoms with Crippen LogP contribution in [0.5, 0.6) is 0 Å². The number of hydrogen-bond donors (Lipinski definition) is 1. The molecule has 1 fully saturated rings. The maximum Gasteiger partial charge on any atom is 0.0614 e. The Balaban J connectivity index is 1.82. The van der Waals surface area contributed by atoms with E-state index in [1.54, 1.807) is 12.4 Å². The van der Waals surface area contributed by atoms with Gasteiger partial charge in [-0.15, -0.1) is 0 Å². The average Bonchev–Trinajstić information content (AvgIpc) is 2.18. The Labute approximate surface area is 98.4 Å². The first-order valence-corrected chi connectivity index (χ1v) is 6.06. The summed E-state index contributed by atoms with van der Waals surface area (Å²) in [6.07, 6.45) is 6.26. The predicted octanol–water partition coefficient (Wildman–Crippen LogP) is 2.82. The molecule has 1 aromatic rings. The van der Waals surface area contributed by atoms with Crippen LogP contribution >= 0.6 is 15.9 Å². The van der Waals surface area contributed by atoms with E-state index in [0.29, 0.717) is 12.1 Å². The lowest BCUT2D eigenvalue weighted by molar-refractivity contribution is 0.00298. The number of nitrogens with one attached hydrogen (secondary N) is 1. The second kappa shape index (κ2) is 4.94. The Bertz CT molecular complexity index is 326. The highest BCUT2D eigenvalue weighted by atomic mass is 79.9. The minimum Gasteiger partial charge on any atom is -0.381 e. The summed E-state index contributed by atoms with van der Waals surface area (Å²) in [5, 5.41) is 3.47. The molecule has 2 rings (SSSR count). The first kappa shape index (κ1) is 10.9. The molecule has 0 aliphatic heterocycles. The molecule has 0 bridgehead atoms. The molecule has 0 radical (unpaired) electrons. The quantitative estimate of drug-likeness (QED) is 0.914. The van der Waals surface area contributed by atoms with E-state index in [1.165, 1.54) is 0 Å². The van der Waals surface area contributed by atoms with Crippen molar-refractivity contribution < 1.29 is 4.74 Å². The van der Waals surface area contributed by atoms with Gasteiger partial charge in [-0.1, -0.05) is 0 Å². The summed E-state index contributed by atoms with van der Waals surface area (Å²) in [6.45, 7) is 2.86. The van der Waals surface area contributed by atoms with Gasteiger partial charge in [0.15, 0.2) is 0 Å². The van der Waals surface area contributed by atoms with Crippen molar-refractivity contribution in [3.8, 4) is 0 Å². The second-order valence-electron chi connectivity index (χ2n) is 3.75. The molecule has 0 spiro atoms. The third kappa shape index (κ3) is 2.69. The number of ether oxygens (including phenoxy) is 1. The molecule has 1 saturated carbocycles. The number of hydrogen-bond acceptors (Lipinski definition) is 3. The smallest absolute Gasteiger partial charge is 0.0614 e. The highest BCUT2D eigenvalue weighted by Crippen LogP contribution is 2.29. The van der Waals surface area contributed by atoms with Crippen molar-refractivity contribution >= 4 is 21.6 Å². The first-order chi connectivity index (χ1) is 7.29. The summed E-state index contributed by atoms with van der Waals surface area (Å²) in [7, 11) is 0. The second-order valence-corrected chi connectivity index (χ2v) is 4.60. The van der Waals surface area contributed by atoms with E-state index in [0.717, 1.165) is 29.6 Å². The Hall–Kier alpha value is -0.610. The zero-order valence-corrected chi connectivity index (χ0v) is 10.3. The van der Waals surface area contributed by atoms with Crippen LogP contribution in [0.3, 0.4) is 0 Å². The van der Waals surface area contributed by atoms with Crippen LogP contribution in [0.25, 0.3) is 0 Å². The first-order valence-electron chi connectivity index (χ1n) is 5.27. The largest absolute Gasteiger partial charge is 0.381 e. The van der Waals surface area contributed by atoms with E-state index >= 15 is 0 Å². The molecule has 1 heterocycles. The molecule has 0 atom stereocenters. The number of aromatic nitrogens is 1. The van der Waals surface area contributed by atoms with E-state index in [4.69, 9.17) is 4.74 Å². The summed E-state index contributed by atoms with van der Waals surface area (Å²) in [5.74, 6) is 0. The van der Waals surface area contributed by atoms with Crippen LogP contribution in [-0.2, 0) is 4.74 Å². The van der Waals surface area contributed by atoms with E-state index in [-0.39, 0.29) is 0 Å². The monoisotopic (exact) mass is 270 g/mol. The van der Waals surface area contributed by atoms with Crippen molar-refractivity contribution in [1.82, 2.24) is 4.98 Å². The van der Waals surface area contributed by atoms with E-state index in [9.17, 15) is 0 Å². The summed E-state index contributed by atoms with van der Waals surface area (Å²) < 4.78 is 6.53. The van der Waals surface area contributed by atoms with Crippen molar-refractivity contribution in [3.05, 3.63) is 22.9 Å². The van der Waals surface area contributed by atoms with Gasteiger partial charge in [-0.2, -0.15) is 0 Å². The highest BCUT2D eigenvalue weighted by molar-refractivity contribution is 9.10. The molecular weight excluding hydrogens is 256 g/mol. The molecule has 15 heavy (non-hydrogen) atoms. The highest BCUT2D eigenvalue weighted by Gasteiger charge is 2.29. The lowest BCUT2D eigenvalue weighted by Gasteiger charge is -2.36. The van der Waals surface area contributed by atoms with Gasteiger partial charge in [0.05, 0.1) is 16.3 Å². The zero-order chi connectivity index (χ0) is 10.7. The molecular formula is C11H15BrN2O. The van der Waals surface area contributed by atoms with Crippen LogP contribution in [0.15, 0.2) is 22.9 Å². The predicted molar refractivity (Wildman–Crippen MR) is 64.0 cm³/mol. The topological polar surface area (TPSA) is 34.1 Å². The maximum atomic E-state index is 5.51. The number of nitrogens with zero attached hydrogens (tertiary/aromatic N) is 1. The van der Waals surface area contributed by atoms with Gasteiger partial charge in [-0.05, 0) is 41.8 Å². The third-order valence-electron chi connectivity index (χ3n) is 2.63. The minimum absolute atomic E-state index is 0.452. The molecule has 1 N–H and O–H groups in total. The SMILES string of the molecule is CCOC1CC(Nc2ccncc2Br)C1. The van der Waals surface area contributed by atoms with Crippen molar-refractivity contribution in [1.29, 1.82) is 0 Å². The molecule has 3 nitrogen and oxygen atoms in total. The van der Waals surface area contributed by atoms with E-state index in [1.807, 2.05) is 13.0 Å². The van der Waals surface area contributed by atoms with Crippen molar-refractivity contribution in [2.75, 3.05) is 11.9 Å². The Kier molecular flexibility index (Phi) is 3.59. The normalized spacial score (nSPS) is 24.7. The van der Waals surface area contributed by atoms with Crippen molar-refractivity contribution in [2.24, 2.45) is 0 Å². The number of anilines is 1. The van der Waals surface area contributed by atoms with Gasteiger partial charge in [-0.3, -0.25) is 4.98 Å². The van der Waals surface area contributed by atoms with Gasteiger partial charge in [0.1, 0.15) is 0 Å².